The SMILES string of the molecule is CN(N(C(=O)OC(C)(C)C)S(=O)(=O)c1ccccc1)S(=O)(=O)c1ccccc1. The molecule has 0 atom stereocenters. The van der Waals surface area contributed by atoms with Crippen LogP contribution in [0.4, 0.5) is 4.79 Å². The molecule has 0 aliphatic heterocycles. The van der Waals surface area contributed by atoms with Gasteiger partial charge in [-0.05, 0) is 45.0 Å². The summed E-state index contributed by atoms with van der Waals surface area (Å²) in [5.74, 6) is 0. The Kier molecular flexibility index (Phi) is 6.17. The van der Waals surface area contributed by atoms with Crippen molar-refractivity contribution >= 4 is 26.1 Å². The predicted molar refractivity (Wildman–Crippen MR) is 103 cm³/mol. The fourth-order valence-corrected chi connectivity index (χ4v) is 5.03. The van der Waals surface area contributed by atoms with Crippen LogP contribution in [0.5, 0.6) is 0 Å². The number of carbonyl (C=O) groups excluding carboxylic acids is 1. The van der Waals surface area contributed by atoms with Crippen molar-refractivity contribution in [3.8, 4) is 0 Å². The number of ether oxygens (including phenoxy) is 1. The highest BCUT2D eigenvalue weighted by Crippen LogP contribution is 2.25. The molecule has 0 aromatic heterocycles. The number of sulfonamides is 2. The van der Waals surface area contributed by atoms with E-state index in [1.165, 1.54) is 48.5 Å². The molecule has 0 radical (unpaired) electrons. The van der Waals surface area contributed by atoms with Crippen molar-refractivity contribution in [2.24, 2.45) is 0 Å². The molecule has 1 amide bonds. The lowest BCUT2D eigenvalue weighted by molar-refractivity contribution is 0.0195. The van der Waals surface area contributed by atoms with Crippen molar-refractivity contribution in [1.29, 1.82) is 0 Å². The zero-order valence-corrected chi connectivity index (χ0v) is 17.6. The quantitative estimate of drug-likeness (QED) is 0.682. The minimum absolute atomic E-state index is 0.121. The van der Waals surface area contributed by atoms with E-state index >= 15 is 0 Å². The molecule has 0 unspecified atom stereocenters. The fraction of sp³-hybridized carbons (Fsp3) is 0.278. The van der Waals surface area contributed by atoms with Gasteiger partial charge in [-0.15, -0.1) is 4.41 Å². The van der Waals surface area contributed by atoms with Crippen molar-refractivity contribution in [1.82, 2.24) is 8.83 Å². The summed E-state index contributed by atoms with van der Waals surface area (Å²) in [6.45, 7) is 4.64. The summed E-state index contributed by atoms with van der Waals surface area (Å²) < 4.78 is 57.7. The third-order valence-corrected chi connectivity index (χ3v) is 7.01. The Bertz CT molecular complexity index is 1030. The summed E-state index contributed by atoms with van der Waals surface area (Å²) in [5.41, 5.74) is -1.04. The molecule has 0 aliphatic carbocycles. The Morgan fingerprint density at radius 2 is 1.18 bits per heavy atom. The van der Waals surface area contributed by atoms with Crippen LogP contribution in [0.2, 0.25) is 0 Å². The van der Waals surface area contributed by atoms with Gasteiger partial charge in [-0.25, -0.2) is 13.2 Å². The van der Waals surface area contributed by atoms with Gasteiger partial charge in [-0.3, -0.25) is 0 Å². The van der Waals surface area contributed by atoms with E-state index < -0.39 is 31.7 Å². The van der Waals surface area contributed by atoms with E-state index in [0.717, 1.165) is 7.05 Å². The minimum atomic E-state index is -4.56. The van der Waals surface area contributed by atoms with Gasteiger partial charge >= 0.3 is 6.09 Å². The largest absolute Gasteiger partial charge is 0.442 e. The Morgan fingerprint density at radius 1 is 0.786 bits per heavy atom. The number of hydrazine groups is 1. The van der Waals surface area contributed by atoms with E-state index in [9.17, 15) is 21.6 Å². The second-order valence-electron chi connectivity index (χ2n) is 6.79. The van der Waals surface area contributed by atoms with Crippen molar-refractivity contribution < 1.29 is 26.4 Å². The molecule has 2 aromatic carbocycles. The summed E-state index contributed by atoms with van der Waals surface area (Å²) in [6, 6.07) is 14.2. The van der Waals surface area contributed by atoms with Crippen molar-refractivity contribution in [3.63, 3.8) is 0 Å². The van der Waals surface area contributed by atoms with Crippen LogP contribution in [0.1, 0.15) is 20.8 Å². The van der Waals surface area contributed by atoms with Crippen molar-refractivity contribution in [2.75, 3.05) is 7.05 Å². The number of hydrogen-bond acceptors (Lipinski definition) is 6. The Labute approximate surface area is 165 Å². The summed E-state index contributed by atoms with van der Waals surface area (Å²) in [7, 11) is -7.93. The number of rotatable bonds is 5. The third kappa shape index (κ3) is 4.70. The summed E-state index contributed by atoms with van der Waals surface area (Å²) >= 11 is 0. The van der Waals surface area contributed by atoms with Gasteiger partial charge in [0, 0.05) is 7.05 Å². The molecule has 28 heavy (non-hydrogen) atoms. The number of hydrogen-bond donors (Lipinski definition) is 0. The molecule has 0 N–H and O–H groups in total. The number of carbonyl (C=O) groups is 1. The second-order valence-corrected chi connectivity index (χ2v) is 10.5. The van der Waals surface area contributed by atoms with Crippen LogP contribution in [0, 0.1) is 0 Å². The highest BCUT2D eigenvalue weighted by molar-refractivity contribution is 7.92. The second kappa shape index (κ2) is 7.90. The zero-order valence-electron chi connectivity index (χ0n) is 15.9. The van der Waals surface area contributed by atoms with Crippen LogP contribution in [0.25, 0.3) is 0 Å². The maximum atomic E-state index is 13.1. The maximum absolute atomic E-state index is 13.1. The molecule has 0 bridgehead atoms. The summed E-state index contributed by atoms with van der Waals surface area (Å²) in [5, 5.41) is 0. The van der Waals surface area contributed by atoms with Gasteiger partial charge in [0.15, 0.2) is 0 Å². The summed E-state index contributed by atoms with van der Waals surface area (Å²) in [4.78, 5) is 12.3. The predicted octanol–water partition coefficient (Wildman–Crippen LogP) is 2.85. The molecule has 0 aliphatic rings. The van der Waals surface area contributed by atoms with E-state index in [0.29, 0.717) is 4.41 Å². The van der Waals surface area contributed by atoms with E-state index in [-0.39, 0.29) is 14.2 Å². The molecule has 0 heterocycles. The molecule has 0 saturated carbocycles. The highest BCUT2D eigenvalue weighted by atomic mass is 32.2. The summed E-state index contributed by atoms with van der Waals surface area (Å²) in [6.07, 6.45) is -1.33. The van der Waals surface area contributed by atoms with E-state index in [4.69, 9.17) is 4.74 Å². The Balaban J connectivity index is 2.60. The average molecular weight is 427 g/mol. The zero-order chi connectivity index (χ0) is 21.2. The lowest BCUT2D eigenvalue weighted by atomic mass is 10.2. The first-order chi connectivity index (χ1) is 12.9. The lowest BCUT2D eigenvalue weighted by Crippen LogP contribution is -2.52. The van der Waals surface area contributed by atoms with Crippen LogP contribution in [-0.2, 0) is 24.8 Å². The van der Waals surface area contributed by atoms with Crippen LogP contribution in [0.3, 0.4) is 0 Å². The Morgan fingerprint density at radius 3 is 1.57 bits per heavy atom. The molecule has 0 saturated heterocycles. The monoisotopic (exact) mass is 426 g/mol. The van der Waals surface area contributed by atoms with Crippen molar-refractivity contribution in [3.05, 3.63) is 60.7 Å². The van der Waals surface area contributed by atoms with Gasteiger partial charge in [0.05, 0.1) is 9.79 Å². The first-order valence-corrected chi connectivity index (χ1v) is 11.1. The maximum Gasteiger partial charge on any atom is 0.440 e. The Hall–Kier alpha value is -2.43. The molecule has 152 valence electrons. The molecule has 0 fully saturated rings. The van der Waals surface area contributed by atoms with E-state index in [1.807, 2.05) is 0 Å². The van der Waals surface area contributed by atoms with Gasteiger partial charge < -0.3 is 4.74 Å². The van der Waals surface area contributed by atoms with E-state index in [2.05, 4.69) is 0 Å². The first kappa shape index (κ1) is 21.9. The normalized spacial score (nSPS) is 12.6. The molecule has 10 heteroatoms. The minimum Gasteiger partial charge on any atom is -0.442 e. The van der Waals surface area contributed by atoms with Crippen LogP contribution in [-0.4, -0.2) is 44.4 Å². The number of benzene rings is 2. The lowest BCUT2D eigenvalue weighted by Gasteiger charge is -2.31. The molecular weight excluding hydrogens is 404 g/mol. The molecule has 8 nitrogen and oxygen atoms in total. The van der Waals surface area contributed by atoms with Gasteiger partial charge in [0.2, 0.25) is 0 Å². The third-order valence-electron chi connectivity index (χ3n) is 3.46. The van der Waals surface area contributed by atoms with Gasteiger partial charge in [0.25, 0.3) is 20.0 Å². The fourth-order valence-electron chi connectivity index (χ4n) is 2.20. The number of amides is 1. The van der Waals surface area contributed by atoms with Gasteiger partial charge in [-0.1, -0.05) is 40.8 Å². The molecule has 2 rings (SSSR count). The van der Waals surface area contributed by atoms with Crippen LogP contribution in [0.15, 0.2) is 70.5 Å². The standard InChI is InChI=1S/C18H22N2O6S2/c1-18(2,3)26-17(21)20(28(24,25)16-13-9-6-10-14-16)19(4)27(22,23)15-11-7-5-8-12-15/h5-14H,1-4H3. The molecule has 2 aromatic rings. The highest BCUT2D eigenvalue weighted by Gasteiger charge is 2.41. The molecule has 0 spiro atoms. The van der Waals surface area contributed by atoms with Gasteiger partial charge in [0.1, 0.15) is 5.60 Å². The first-order valence-electron chi connectivity index (χ1n) is 8.24. The van der Waals surface area contributed by atoms with Gasteiger partial charge in [-0.2, -0.15) is 8.42 Å². The topological polar surface area (TPSA) is 101 Å². The van der Waals surface area contributed by atoms with Crippen molar-refractivity contribution in [2.45, 2.75) is 36.2 Å². The van der Waals surface area contributed by atoms with E-state index in [1.54, 1.807) is 32.9 Å². The molecular formula is C18H22N2O6S2. The number of nitrogens with zero attached hydrogens (tertiary/aromatic N) is 2. The average Bonchev–Trinajstić information content (AvgIpc) is 2.61. The smallest absolute Gasteiger partial charge is 0.440 e. The van der Waals surface area contributed by atoms with Crippen LogP contribution >= 0.6 is 0 Å². The van der Waals surface area contributed by atoms with Crippen LogP contribution < -0.4 is 0 Å².